The quantitative estimate of drug-likeness (QED) is 0.783. The van der Waals surface area contributed by atoms with E-state index >= 15 is 0 Å². The zero-order valence-corrected chi connectivity index (χ0v) is 9.47. The van der Waals surface area contributed by atoms with E-state index in [1.54, 1.807) is 4.68 Å². The van der Waals surface area contributed by atoms with Crippen LogP contribution in [0.4, 0.5) is 0 Å². The molecular weight excluding hydrogens is 206 g/mol. The van der Waals surface area contributed by atoms with Gasteiger partial charge >= 0.3 is 0 Å². The molecule has 0 aromatic carbocycles. The lowest BCUT2D eigenvalue weighted by Gasteiger charge is -2.31. The zero-order chi connectivity index (χ0) is 11.4. The van der Waals surface area contributed by atoms with Crippen LogP contribution in [0.3, 0.4) is 0 Å². The van der Waals surface area contributed by atoms with Gasteiger partial charge in [0.2, 0.25) is 0 Å². The Morgan fingerprint density at radius 1 is 1.31 bits per heavy atom. The molecule has 1 heterocycles. The number of aliphatic hydroxyl groups is 2. The van der Waals surface area contributed by atoms with E-state index in [0.717, 1.165) is 31.4 Å². The maximum absolute atomic E-state index is 10.3. The van der Waals surface area contributed by atoms with Crippen LogP contribution >= 0.6 is 0 Å². The molecule has 1 aliphatic carbocycles. The lowest BCUT2D eigenvalue weighted by molar-refractivity contribution is -0.0146. The molecule has 1 saturated carbocycles. The van der Waals surface area contributed by atoms with Crippen molar-refractivity contribution in [2.75, 3.05) is 6.61 Å². The first-order chi connectivity index (χ1) is 7.72. The molecule has 90 valence electrons. The Bertz CT molecular complexity index is 332. The maximum Gasteiger partial charge on any atom is 0.0849 e. The summed E-state index contributed by atoms with van der Waals surface area (Å²) in [7, 11) is 0. The molecule has 5 nitrogen and oxygen atoms in total. The summed E-state index contributed by atoms with van der Waals surface area (Å²) in [6, 6.07) is 0. The van der Waals surface area contributed by atoms with E-state index in [1.165, 1.54) is 6.42 Å². The molecule has 0 atom stereocenters. The Balaban J connectivity index is 1.96. The van der Waals surface area contributed by atoms with Gasteiger partial charge in [0.25, 0.3) is 0 Å². The van der Waals surface area contributed by atoms with Crippen LogP contribution in [0.25, 0.3) is 0 Å². The van der Waals surface area contributed by atoms with Crippen LogP contribution in [0.2, 0.25) is 0 Å². The number of aromatic nitrogens is 3. The molecule has 1 aromatic rings. The van der Waals surface area contributed by atoms with Gasteiger partial charge in [0.05, 0.1) is 17.8 Å². The average molecular weight is 225 g/mol. The molecular formula is C11H19N3O2. The van der Waals surface area contributed by atoms with Gasteiger partial charge < -0.3 is 10.2 Å². The molecule has 1 aromatic heterocycles. The Hall–Kier alpha value is -0.940. The third kappa shape index (κ3) is 2.80. The van der Waals surface area contributed by atoms with Gasteiger partial charge in [0.1, 0.15) is 0 Å². The zero-order valence-electron chi connectivity index (χ0n) is 9.47. The molecule has 16 heavy (non-hydrogen) atoms. The van der Waals surface area contributed by atoms with Gasteiger partial charge in [0, 0.05) is 19.2 Å². The van der Waals surface area contributed by atoms with E-state index in [4.69, 9.17) is 5.11 Å². The van der Waals surface area contributed by atoms with Crippen molar-refractivity contribution in [1.82, 2.24) is 15.0 Å². The second kappa shape index (κ2) is 4.93. The van der Waals surface area contributed by atoms with Crippen LogP contribution in [-0.2, 0) is 13.0 Å². The second-order valence-electron chi connectivity index (χ2n) is 4.67. The summed E-state index contributed by atoms with van der Waals surface area (Å²) in [5.41, 5.74) is 0.171. The first kappa shape index (κ1) is 11.5. The minimum Gasteiger partial charge on any atom is -0.396 e. The third-order valence-electron chi connectivity index (χ3n) is 3.19. The Morgan fingerprint density at radius 3 is 2.75 bits per heavy atom. The Labute approximate surface area is 95.1 Å². The summed E-state index contributed by atoms with van der Waals surface area (Å²) in [5.74, 6) is 0. The van der Waals surface area contributed by atoms with Crippen LogP contribution in [0.5, 0.6) is 0 Å². The molecule has 0 bridgehead atoms. The Morgan fingerprint density at radius 2 is 2.06 bits per heavy atom. The van der Waals surface area contributed by atoms with Crippen LogP contribution in [0.15, 0.2) is 6.20 Å². The third-order valence-corrected chi connectivity index (χ3v) is 3.19. The molecule has 2 N–H and O–H groups in total. The van der Waals surface area contributed by atoms with Crippen LogP contribution in [-0.4, -0.2) is 37.4 Å². The van der Waals surface area contributed by atoms with Crippen molar-refractivity contribution in [3.8, 4) is 0 Å². The summed E-state index contributed by atoms with van der Waals surface area (Å²) < 4.78 is 1.69. The molecule has 0 aliphatic heterocycles. The SMILES string of the molecule is OCCc1cn(CC2(O)CCCCC2)nn1. The predicted octanol–water partition coefficient (Wildman–Crippen LogP) is 0.508. The molecule has 1 aliphatic rings. The summed E-state index contributed by atoms with van der Waals surface area (Å²) in [5, 5.41) is 27.0. The number of rotatable bonds is 4. The van der Waals surface area contributed by atoms with Gasteiger partial charge in [-0.1, -0.05) is 24.5 Å². The van der Waals surface area contributed by atoms with E-state index < -0.39 is 5.60 Å². The highest BCUT2D eigenvalue weighted by atomic mass is 16.3. The second-order valence-corrected chi connectivity index (χ2v) is 4.67. The summed E-state index contributed by atoms with van der Waals surface area (Å²) in [4.78, 5) is 0. The smallest absolute Gasteiger partial charge is 0.0849 e. The van der Waals surface area contributed by atoms with Crippen molar-refractivity contribution < 1.29 is 10.2 Å². The summed E-state index contributed by atoms with van der Waals surface area (Å²) in [6.45, 7) is 0.606. The molecule has 5 heteroatoms. The lowest BCUT2D eigenvalue weighted by Crippen LogP contribution is -2.36. The van der Waals surface area contributed by atoms with Crippen molar-refractivity contribution in [2.45, 2.75) is 50.7 Å². The van der Waals surface area contributed by atoms with Crippen molar-refractivity contribution in [3.63, 3.8) is 0 Å². The molecule has 0 radical (unpaired) electrons. The fraction of sp³-hybridized carbons (Fsp3) is 0.818. The number of hydrogen-bond donors (Lipinski definition) is 2. The molecule has 2 rings (SSSR count). The van der Waals surface area contributed by atoms with E-state index in [9.17, 15) is 5.11 Å². The van der Waals surface area contributed by atoms with Crippen molar-refractivity contribution >= 4 is 0 Å². The highest BCUT2D eigenvalue weighted by molar-refractivity contribution is 4.93. The van der Waals surface area contributed by atoms with Crippen molar-refractivity contribution in [1.29, 1.82) is 0 Å². The van der Waals surface area contributed by atoms with Crippen molar-refractivity contribution in [2.24, 2.45) is 0 Å². The maximum atomic E-state index is 10.3. The van der Waals surface area contributed by atoms with Crippen LogP contribution in [0, 0.1) is 0 Å². The first-order valence-corrected chi connectivity index (χ1v) is 5.94. The highest BCUT2D eigenvalue weighted by Gasteiger charge is 2.29. The monoisotopic (exact) mass is 225 g/mol. The first-order valence-electron chi connectivity index (χ1n) is 5.94. The van der Waals surface area contributed by atoms with Gasteiger partial charge in [-0.15, -0.1) is 5.10 Å². The normalized spacial score (nSPS) is 19.9. The van der Waals surface area contributed by atoms with Crippen molar-refractivity contribution in [3.05, 3.63) is 11.9 Å². The predicted molar refractivity (Wildman–Crippen MR) is 58.8 cm³/mol. The van der Waals surface area contributed by atoms with Crippen LogP contribution < -0.4 is 0 Å². The van der Waals surface area contributed by atoms with Crippen LogP contribution in [0.1, 0.15) is 37.8 Å². The average Bonchev–Trinajstić information content (AvgIpc) is 2.66. The van der Waals surface area contributed by atoms with Gasteiger partial charge in [-0.2, -0.15) is 0 Å². The van der Waals surface area contributed by atoms with E-state index in [-0.39, 0.29) is 6.61 Å². The molecule has 0 unspecified atom stereocenters. The van der Waals surface area contributed by atoms with Gasteiger partial charge in [-0.3, -0.25) is 0 Å². The van der Waals surface area contributed by atoms with Gasteiger partial charge in [0.15, 0.2) is 0 Å². The molecule has 0 spiro atoms. The highest BCUT2D eigenvalue weighted by Crippen LogP contribution is 2.29. The van der Waals surface area contributed by atoms with Gasteiger partial charge in [-0.05, 0) is 12.8 Å². The fourth-order valence-electron chi connectivity index (χ4n) is 2.31. The molecule has 0 amide bonds. The van der Waals surface area contributed by atoms with E-state index in [2.05, 4.69) is 10.3 Å². The molecule has 0 saturated heterocycles. The standard InChI is InChI=1S/C11H19N3O2/c15-7-4-10-8-14(13-12-10)9-11(16)5-2-1-3-6-11/h8,15-16H,1-7,9H2. The largest absolute Gasteiger partial charge is 0.396 e. The topological polar surface area (TPSA) is 71.2 Å². The minimum atomic E-state index is -0.609. The summed E-state index contributed by atoms with van der Waals surface area (Å²) >= 11 is 0. The summed E-state index contributed by atoms with van der Waals surface area (Å²) in [6.07, 6.45) is 7.43. The van der Waals surface area contributed by atoms with E-state index in [1.807, 2.05) is 6.20 Å². The van der Waals surface area contributed by atoms with E-state index in [0.29, 0.717) is 13.0 Å². The molecule has 1 fully saturated rings. The lowest BCUT2D eigenvalue weighted by atomic mass is 9.85. The number of aliphatic hydroxyl groups excluding tert-OH is 1. The minimum absolute atomic E-state index is 0.0863. The fourth-order valence-corrected chi connectivity index (χ4v) is 2.31. The number of nitrogens with zero attached hydrogens (tertiary/aromatic N) is 3. The Kier molecular flexibility index (Phi) is 3.56. The number of hydrogen-bond acceptors (Lipinski definition) is 4. The van der Waals surface area contributed by atoms with Gasteiger partial charge in [-0.25, -0.2) is 4.68 Å².